The summed E-state index contributed by atoms with van der Waals surface area (Å²) in [6.07, 6.45) is 2.00. The molecule has 0 saturated carbocycles. The van der Waals surface area contributed by atoms with Gasteiger partial charge in [0.2, 0.25) is 12.4 Å². The van der Waals surface area contributed by atoms with E-state index in [2.05, 4.69) is 22.2 Å². The Labute approximate surface area is 141 Å². The molecule has 1 aromatic heterocycles. The standard InChI is InChI=1S/C15H27N5O4/c1-3-6-22-8-5-9-24-15(23-7-4-2)20-10-17-11-12(20)18-14(16)19-13(11)21/h15,17H,3-10H2,1-2H3,(H3,16,18,19,21). The minimum absolute atomic E-state index is 0.0645. The lowest BCUT2D eigenvalue weighted by molar-refractivity contribution is -0.143. The maximum Gasteiger partial charge on any atom is 0.277 e. The molecule has 1 atom stereocenters. The molecule has 1 aliphatic heterocycles. The predicted octanol–water partition coefficient (Wildman–Crippen LogP) is 1.09. The van der Waals surface area contributed by atoms with Crippen LogP contribution in [-0.2, 0) is 14.2 Å². The number of anilines is 3. The summed E-state index contributed by atoms with van der Waals surface area (Å²) in [7, 11) is 0. The molecule has 0 bridgehead atoms. The summed E-state index contributed by atoms with van der Waals surface area (Å²) >= 11 is 0. The van der Waals surface area contributed by atoms with Gasteiger partial charge in [0.25, 0.3) is 5.56 Å². The van der Waals surface area contributed by atoms with Gasteiger partial charge in [-0.15, -0.1) is 0 Å². The Morgan fingerprint density at radius 3 is 2.71 bits per heavy atom. The molecule has 4 N–H and O–H groups in total. The third-order valence-corrected chi connectivity index (χ3v) is 3.38. The van der Waals surface area contributed by atoms with Crippen LogP contribution in [0.25, 0.3) is 0 Å². The Kier molecular flexibility index (Phi) is 7.29. The second kappa shape index (κ2) is 9.45. The van der Waals surface area contributed by atoms with Crippen LogP contribution in [0.3, 0.4) is 0 Å². The van der Waals surface area contributed by atoms with Gasteiger partial charge in [-0.2, -0.15) is 4.98 Å². The van der Waals surface area contributed by atoms with Crippen molar-refractivity contribution >= 4 is 17.5 Å². The summed E-state index contributed by atoms with van der Waals surface area (Å²) < 4.78 is 17.0. The van der Waals surface area contributed by atoms with Crippen LogP contribution < -0.4 is 21.5 Å². The maximum atomic E-state index is 11.9. The molecule has 0 aromatic carbocycles. The Hall–Kier alpha value is -1.84. The number of aromatic amines is 1. The van der Waals surface area contributed by atoms with Crippen LogP contribution >= 0.6 is 0 Å². The molecule has 24 heavy (non-hydrogen) atoms. The van der Waals surface area contributed by atoms with Crippen LogP contribution in [0, 0.1) is 0 Å². The van der Waals surface area contributed by atoms with Gasteiger partial charge in [-0.25, -0.2) is 0 Å². The molecule has 9 nitrogen and oxygen atoms in total. The van der Waals surface area contributed by atoms with E-state index in [9.17, 15) is 4.79 Å². The van der Waals surface area contributed by atoms with Crippen molar-refractivity contribution in [2.75, 3.05) is 49.0 Å². The monoisotopic (exact) mass is 341 g/mol. The summed E-state index contributed by atoms with van der Waals surface area (Å²) in [6, 6.07) is 0. The Morgan fingerprint density at radius 2 is 1.96 bits per heavy atom. The normalized spacial score (nSPS) is 14.5. The third-order valence-electron chi connectivity index (χ3n) is 3.38. The molecule has 2 heterocycles. The van der Waals surface area contributed by atoms with Gasteiger partial charge in [0.15, 0.2) is 5.82 Å². The zero-order valence-corrected chi connectivity index (χ0v) is 14.3. The first-order valence-electron chi connectivity index (χ1n) is 8.38. The highest BCUT2D eigenvalue weighted by atomic mass is 16.7. The lowest BCUT2D eigenvalue weighted by Gasteiger charge is -2.28. The SMILES string of the molecule is CCCOCCCOC(OCCC)N1CNc2c1nc(N)[nH]c2=O. The van der Waals surface area contributed by atoms with Crippen molar-refractivity contribution < 1.29 is 14.2 Å². The molecule has 1 unspecified atom stereocenters. The quantitative estimate of drug-likeness (QED) is 0.405. The third kappa shape index (κ3) is 4.83. The molecule has 0 amide bonds. The minimum Gasteiger partial charge on any atom is -0.381 e. The van der Waals surface area contributed by atoms with Crippen LogP contribution in [0.5, 0.6) is 0 Å². The highest BCUT2D eigenvalue weighted by Gasteiger charge is 2.30. The van der Waals surface area contributed by atoms with Crippen LogP contribution in [0.4, 0.5) is 17.5 Å². The number of ether oxygens (including phenoxy) is 3. The predicted molar refractivity (Wildman–Crippen MR) is 91.9 cm³/mol. The van der Waals surface area contributed by atoms with Crippen LogP contribution in [0.1, 0.15) is 33.1 Å². The second-order valence-corrected chi connectivity index (χ2v) is 5.47. The number of hydrogen-bond donors (Lipinski definition) is 3. The van der Waals surface area contributed by atoms with Gasteiger partial charge in [0.1, 0.15) is 5.69 Å². The lowest BCUT2D eigenvalue weighted by Crippen LogP contribution is -2.40. The molecule has 9 heteroatoms. The van der Waals surface area contributed by atoms with E-state index >= 15 is 0 Å². The van der Waals surface area contributed by atoms with Gasteiger partial charge in [-0.3, -0.25) is 14.7 Å². The molecule has 1 aromatic rings. The van der Waals surface area contributed by atoms with Crippen LogP contribution in [0.15, 0.2) is 4.79 Å². The average Bonchev–Trinajstić information content (AvgIpc) is 2.97. The molecule has 136 valence electrons. The van der Waals surface area contributed by atoms with Gasteiger partial charge in [0.05, 0.1) is 19.9 Å². The fourth-order valence-electron chi connectivity index (χ4n) is 2.30. The fourth-order valence-corrected chi connectivity index (χ4v) is 2.30. The first-order valence-corrected chi connectivity index (χ1v) is 8.38. The van der Waals surface area contributed by atoms with E-state index in [1.54, 1.807) is 4.90 Å². The first-order chi connectivity index (χ1) is 11.7. The van der Waals surface area contributed by atoms with E-state index in [1.165, 1.54) is 0 Å². The molecule has 0 fully saturated rings. The molecule has 1 aliphatic rings. The summed E-state index contributed by atoms with van der Waals surface area (Å²) in [5.74, 6) is 0.509. The Bertz CT molecular complexity index is 565. The van der Waals surface area contributed by atoms with Crippen LogP contribution in [-0.4, -0.2) is 49.5 Å². The van der Waals surface area contributed by atoms with Crippen molar-refractivity contribution in [3.63, 3.8) is 0 Å². The number of nitrogens with two attached hydrogens (primary N) is 1. The van der Waals surface area contributed by atoms with E-state index in [-0.39, 0.29) is 11.5 Å². The number of nitrogens with zero attached hydrogens (tertiary/aromatic N) is 2. The van der Waals surface area contributed by atoms with E-state index in [4.69, 9.17) is 19.9 Å². The molecule has 0 radical (unpaired) electrons. The van der Waals surface area contributed by atoms with Crippen molar-refractivity contribution in [3.8, 4) is 0 Å². The number of hydrogen-bond acceptors (Lipinski definition) is 8. The van der Waals surface area contributed by atoms with Crippen molar-refractivity contribution in [1.29, 1.82) is 0 Å². The molecule has 0 saturated heterocycles. The van der Waals surface area contributed by atoms with Gasteiger partial charge in [0, 0.05) is 13.2 Å². The van der Waals surface area contributed by atoms with E-state index in [0.29, 0.717) is 38.0 Å². The number of aromatic nitrogens is 2. The molecular weight excluding hydrogens is 314 g/mol. The fraction of sp³-hybridized carbons (Fsp3) is 0.733. The maximum absolute atomic E-state index is 11.9. The van der Waals surface area contributed by atoms with Crippen molar-refractivity contribution in [2.45, 2.75) is 39.5 Å². The Morgan fingerprint density at radius 1 is 1.21 bits per heavy atom. The van der Waals surface area contributed by atoms with E-state index in [0.717, 1.165) is 25.9 Å². The average molecular weight is 341 g/mol. The number of nitrogens with one attached hydrogen (secondary N) is 2. The summed E-state index contributed by atoms with van der Waals surface area (Å²) in [4.78, 5) is 20.3. The van der Waals surface area contributed by atoms with Crippen LogP contribution in [0.2, 0.25) is 0 Å². The highest BCUT2D eigenvalue weighted by molar-refractivity contribution is 5.70. The zero-order chi connectivity index (χ0) is 17.4. The molecule has 0 aliphatic carbocycles. The Balaban J connectivity index is 1.98. The largest absolute Gasteiger partial charge is 0.381 e. The molecule has 0 spiro atoms. The second-order valence-electron chi connectivity index (χ2n) is 5.47. The van der Waals surface area contributed by atoms with Gasteiger partial charge in [-0.05, 0) is 19.3 Å². The zero-order valence-electron chi connectivity index (χ0n) is 14.3. The molecular formula is C15H27N5O4. The van der Waals surface area contributed by atoms with Crippen molar-refractivity contribution in [1.82, 2.24) is 9.97 Å². The topological polar surface area (TPSA) is 115 Å². The first kappa shape index (κ1) is 18.5. The number of nitrogen functional groups attached to an aromatic ring is 1. The van der Waals surface area contributed by atoms with Gasteiger partial charge < -0.3 is 25.3 Å². The van der Waals surface area contributed by atoms with Gasteiger partial charge in [-0.1, -0.05) is 13.8 Å². The number of rotatable bonds is 11. The van der Waals surface area contributed by atoms with Crippen molar-refractivity contribution in [2.24, 2.45) is 0 Å². The van der Waals surface area contributed by atoms with Gasteiger partial charge >= 0.3 is 0 Å². The van der Waals surface area contributed by atoms with E-state index < -0.39 is 6.41 Å². The summed E-state index contributed by atoms with van der Waals surface area (Å²) in [6.45, 7) is 6.90. The number of H-pyrrole nitrogens is 1. The highest BCUT2D eigenvalue weighted by Crippen LogP contribution is 2.28. The number of fused-ring (bicyclic) bond motifs is 1. The van der Waals surface area contributed by atoms with Crippen molar-refractivity contribution in [3.05, 3.63) is 10.4 Å². The summed E-state index contributed by atoms with van der Waals surface area (Å²) in [5, 5.41) is 3.00. The molecule has 2 rings (SSSR count). The summed E-state index contributed by atoms with van der Waals surface area (Å²) in [5.41, 5.74) is 5.72. The smallest absolute Gasteiger partial charge is 0.277 e. The van der Waals surface area contributed by atoms with E-state index in [1.807, 2.05) is 6.92 Å². The lowest BCUT2D eigenvalue weighted by atomic mass is 10.4. The minimum atomic E-state index is -0.626.